The first-order chi connectivity index (χ1) is 10.3. The van der Waals surface area contributed by atoms with Gasteiger partial charge in [0.1, 0.15) is 0 Å². The Morgan fingerprint density at radius 1 is 0.762 bits per heavy atom. The molecule has 0 aliphatic heterocycles. The van der Waals surface area contributed by atoms with Crippen molar-refractivity contribution in [2.24, 2.45) is 11.8 Å². The Kier molecular flexibility index (Phi) is 11.8. The number of hydrogen-bond donors (Lipinski definition) is 0. The summed E-state index contributed by atoms with van der Waals surface area (Å²) in [5.41, 5.74) is 0. The van der Waals surface area contributed by atoms with Crippen molar-refractivity contribution in [2.45, 2.75) is 116 Å². The Morgan fingerprint density at radius 2 is 1.33 bits per heavy atom. The van der Waals surface area contributed by atoms with E-state index >= 15 is 0 Å². The lowest BCUT2D eigenvalue weighted by atomic mass is 9.77. The summed E-state index contributed by atoms with van der Waals surface area (Å²) in [6.45, 7) is 4.64. The third kappa shape index (κ3) is 9.11. The Balaban J connectivity index is 1.91. The molecule has 21 heavy (non-hydrogen) atoms. The summed E-state index contributed by atoms with van der Waals surface area (Å²) in [4.78, 5) is 0. The fraction of sp³-hybridized carbons (Fsp3) is 1.00. The zero-order valence-corrected chi connectivity index (χ0v) is 15.5. The molecule has 0 aromatic carbocycles. The lowest BCUT2D eigenvalue weighted by molar-refractivity contribution is 0.249. The van der Waals surface area contributed by atoms with Crippen LogP contribution in [0.15, 0.2) is 0 Å². The molecule has 0 heterocycles. The quantitative estimate of drug-likeness (QED) is 0.255. The molecule has 126 valence electrons. The molecule has 0 amide bonds. The minimum atomic E-state index is 0.478. The van der Waals surface area contributed by atoms with E-state index < -0.39 is 0 Å². The Morgan fingerprint density at radius 3 is 1.90 bits per heavy atom. The topological polar surface area (TPSA) is 0 Å². The summed E-state index contributed by atoms with van der Waals surface area (Å²) >= 11 is 6.53. The Bertz CT molecular complexity index is 226. The molecule has 0 nitrogen and oxygen atoms in total. The molecule has 0 aromatic rings. The molecule has 0 bridgehead atoms. The van der Waals surface area contributed by atoms with Gasteiger partial charge in [-0.2, -0.15) is 0 Å². The monoisotopic (exact) mass is 314 g/mol. The molecule has 1 rings (SSSR count). The second kappa shape index (κ2) is 12.8. The van der Waals surface area contributed by atoms with Gasteiger partial charge in [-0.05, 0) is 37.5 Å². The van der Waals surface area contributed by atoms with Gasteiger partial charge in [-0.1, -0.05) is 84.5 Å². The van der Waals surface area contributed by atoms with Crippen LogP contribution in [-0.4, -0.2) is 5.38 Å². The van der Waals surface area contributed by atoms with Crippen LogP contribution in [0.3, 0.4) is 0 Å². The van der Waals surface area contributed by atoms with E-state index in [2.05, 4.69) is 13.8 Å². The predicted octanol–water partition coefficient (Wildman–Crippen LogP) is 7.73. The van der Waals surface area contributed by atoms with Gasteiger partial charge >= 0.3 is 0 Å². The van der Waals surface area contributed by atoms with Gasteiger partial charge in [0, 0.05) is 5.38 Å². The first-order valence-electron chi connectivity index (χ1n) is 9.92. The molecule has 0 N–H and O–H groups in total. The van der Waals surface area contributed by atoms with Crippen LogP contribution in [0.4, 0.5) is 0 Å². The summed E-state index contributed by atoms with van der Waals surface area (Å²) < 4.78 is 0. The van der Waals surface area contributed by atoms with Crippen molar-refractivity contribution >= 4 is 11.6 Å². The highest BCUT2D eigenvalue weighted by Crippen LogP contribution is 2.37. The average molecular weight is 315 g/mol. The van der Waals surface area contributed by atoms with E-state index in [1.807, 2.05) is 0 Å². The number of rotatable bonds is 12. The van der Waals surface area contributed by atoms with Gasteiger partial charge < -0.3 is 0 Å². The van der Waals surface area contributed by atoms with Gasteiger partial charge in [0.15, 0.2) is 0 Å². The molecule has 1 aliphatic carbocycles. The number of unbranched alkanes of at least 4 members (excludes halogenated alkanes) is 9. The smallest absolute Gasteiger partial charge is 0.0364 e. The second-order valence-corrected chi connectivity index (χ2v) is 7.89. The lowest BCUT2D eigenvalue weighted by Crippen LogP contribution is -2.25. The van der Waals surface area contributed by atoms with E-state index in [0.717, 1.165) is 11.8 Å². The fourth-order valence-electron chi connectivity index (χ4n) is 3.89. The van der Waals surface area contributed by atoms with Crippen LogP contribution in [0.25, 0.3) is 0 Å². The van der Waals surface area contributed by atoms with E-state index in [9.17, 15) is 0 Å². The highest BCUT2D eigenvalue weighted by Gasteiger charge is 2.27. The fourth-order valence-corrected chi connectivity index (χ4v) is 4.24. The van der Waals surface area contributed by atoms with Gasteiger partial charge in [-0.3, -0.25) is 0 Å². The van der Waals surface area contributed by atoms with Crippen LogP contribution < -0.4 is 0 Å². The third-order valence-electron chi connectivity index (χ3n) is 5.50. The van der Waals surface area contributed by atoms with Gasteiger partial charge in [0.25, 0.3) is 0 Å². The van der Waals surface area contributed by atoms with Crippen molar-refractivity contribution in [1.29, 1.82) is 0 Å². The molecule has 0 radical (unpaired) electrons. The molecule has 1 fully saturated rings. The van der Waals surface area contributed by atoms with Gasteiger partial charge in [0.05, 0.1) is 0 Å². The second-order valence-electron chi connectivity index (χ2n) is 7.33. The van der Waals surface area contributed by atoms with Crippen LogP contribution in [-0.2, 0) is 0 Å². The molecule has 0 saturated heterocycles. The number of alkyl halides is 1. The van der Waals surface area contributed by atoms with Crippen LogP contribution >= 0.6 is 11.6 Å². The molecular formula is C20H39Cl. The van der Waals surface area contributed by atoms with E-state index in [1.165, 1.54) is 96.3 Å². The van der Waals surface area contributed by atoms with Crippen molar-refractivity contribution < 1.29 is 0 Å². The van der Waals surface area contributed by atoms with Crippen LogP contribution in [0, 0.1) is 11.8 Å². The SMILES string of the molecule is CCCCCCCCCCCCC1CC(CC)CCC1Cl. The van der Waals surface area contributed by atoms with Gasteiger partial charge in [-0.15, -0.1) is 11.6 Å². The molecule has 3 unspecified atom stereocenters. The van der Waals surface area contributed by atoms with E-state index in [0.29, 0.717) is 5.38 Å². The molecule has 3 atom stereocenters. The minimum absolute atomic E-state index is 0.478. The lowest BCUT2D eigenvalue weighted by Gasteiger charge is -2.32. The van der Waals surface area contributed by atoms with Gasteiger partial charge in [-0.25, -0.2) is 0 Å². The standard InChI is InChI=1S/C20H39Cl/c1-3-5-6-7-8-9-10-11-12-13-14-19-17-18(4-2)15-16-20(19)21/h18-20H,3-17H2,1-2H3. The molecule has 1 saturated carbocycles. The maximum atomic E-state index is 6.53. The maximum Gasteiger partial charge on any atom is 0.0364 e. The number of hydrogen-bond acceptors (Lipinski definition) is 0. The van der Waals surface area contributed by atoms with E-state index in [1.54, 1.807) is 0 Å². The number of halogens is 1. The summed E-state index contributed by atoms with van der Waals surface area (Å²) in [5, 5.41) is 0.478. The molecule has 0 aromatic heterocycles. The van der Waals surface area contributed by atoms with Crippen LogP contribution in [0.1, 0.15) is 110 Å². The summed E-state index contributed by atoms with van der Waals surface area (Å²) in [5.74, 6) is 1.78. The Labute approximate surface area is 139 Å². The highest BCUT2D eigenvalue weighted by atomic mass is 35.5. The predicted molar refractivity (Wildman–Crippen MR) is 97.2 cm³/mol. The summed E-state index contributed by atoms with van der Waals surface area (Å²) in [6.07, 6.45) is 21.2. The van der Waals surface area contributed by atoms with Crippen molar-refractivity contribution in [3.05, 3.63) is 0 Å². The normalized spacial score (nSPS) is 26.1. The van der Waals surface area contributed by atoms with Gasteiger partial charge in [0.2, 0.25) is 0 Å². The zero-order chi connectivity index (χ0) is 15.3. The maximum absolute atomic E-state index is 6.53. The van der Waals surface area contributed by atoms with Crippen molar-refractivity contribution in [1.82, 2.24) is 0 Å². The van der Waals surface area contributed by atoms with E-state index in [-0.39, 0.29) is 0 Å². The average Bonchev–Trinajstić information content (AvgIpc) is 2.51. The third-order valence-corrected chi connectivity index (χ3v) is 6.08. The van der Waals surface area contributed by atoms with E-state index in [4.69, 9.17) is 11.6 Å². The zero-order valence-electron chi connectivity index (χ0n) is 14.7. The van der Waals surface area contributed by atoms with Crippen LogP contribution in [0.2, 0.25) is 0 Å². The van der Waals surface area contributed by atoms with Crippen molar-refractivity contribution in [2.75, 3.05) is 0 Å². The van der Waals surface area contributed by atoms with Crippen molar-refractivity contribution in [3.8, 4) is 0 Å². The summed E-state index contributed by atoms with van der Waals surface area (Å²) in [7, 11) is 0. The molecule has 1 heteroatoms. The minimum Gasteiger partial charge on any atom is -0.123 e. The molecular weight excluding hydrogens is 276 g/mol. The summed E-state index contributed by atoms with van der Waals surface area (Å²) in [6, 6.07) is 0. The highest BCUT2D eigenvalue weighted by molar-refractivity contribution is 6.20. The molecule has 1 aliphatic rings. The van der Waals surface area contributed by atoms with Crippen molar-refractivity contribution in [3.63, 3.8) is 0 Å². The Hall–Kier alpha value is 0.290. The van der Waals surface area contributed by atoms with Crippen LogP contribution in [0.5, 0.6) is 0 Å². The first-order valence-corrected chi connectivity index (χ1v) is 10.4. The largest absolute Gasteiger partial charge is 0.123 e. The molecule has 0 spiro atoms. The first kappa shape index (κ1) is 19.3.